The van der Waals surface area contributed by atoms with Gasteiger partial charge in [-0.05, 0) is 0 Å². The summed E-state index contributed by atoms with van der Waals surface area (Å²) in [6.07, 6.45) is -0.576. The monoisotopic (exact) mass is 59.0 g/mol. The van der Waals surface area contributed by atoms with Crippen molar-refractivity contribution in [2.75, 3.05) is 0 Å². The van der Waals surface area contributed by atoms with Gasteiger partial charge in [-0.15, -0.1) is 0 Å². The molecule has 0 aliphatic carbocycles. The van der Waals surface area contributed by atoms with Crippen molar-refractivity contribution >= 4 is 6.29 Å². The van der Waals surface area contributed by atoms with Crippen LogP contribution in [-0.2, 0) is 4.79 Å². The largest absolute Gasteiger partial charge is 0.291 e. The summed E-state index contributed by atoms with van der Waals surface area (Å²) in [7, 11) is 0. The molecular weight excluding hydrogens is 52.0 g/mol. The molecule has 23 valence electrons. The van der Waals surface area contributed by atoms with E-state index in [0.717, 1.165) is 6.92 Å². The Morgan fingerprint density at radius 2 is 2.75 bits per heavy atom. The van der Waals surface area contributed by atoms with E-state index in [1.165, 1.54) is 6.29 Å². The molecule has 0 bridgehead atoms. The standard InChI is InChI=1S/C3H5O/c1-2-3-4/h2H2,1H3/i2D2. The summed E-state index contributed by atoms with van der Waals surface area (Å²) >= 11 is 0. The first-order valence-electron chi connectivity index (χ1n) is 1.95. The first-order valence-corrected chi connectivity index (χ1v) is 0.954. The number of rotatable bonds is 1. The van der Waals surface area contributed by atoms with Crippen molar-refractivity contribution in [3.8, 4) is 0 Å². The van der Waals surface area contributed by atoms with Crippen LogP contribution in [0.4, 0.5) is 0 Å². The minimum absolute atomic E-state index is 1.15. The van der Waals surface area contributed by atoms with E-state index in [1.807, 2.05) is 0 Å². The van der Waals surface area contributed by atoms with Crippen LogP contribution in [0.3, 0.4) is 0 Å². The molecule has 4 heavy (non-hydrogen) atoms. The molecule has 0 rings (SSSR count). The molecular formula is C3H5O. The topological polar surface area (TPSA) is 17.1 Å². The molecule has 0 atom stereocenters. The van der Waals surface area contributed by atoms with E-state index < -0.39 is 6.37 Å². The first-order chi connectivity index (χ1) is 2.56. The number of carbonyl (C=O) groups excluding carboxylic acids is 1. The number of hydrogen-bond donors (Lipinski definition) is 0. The quantitative estimate of drug-likeness (QED) is 0.430. The smallest absolute Gasteiger partial charge is 0.198 e. The van der Waals surface area contributed by atoms with Gasteiger partial charge in [0.1, 0.15) is 0 Å². The van der Waals surface area contributed by atoms with Gasteiger partial charge in [-0.3, -0.25) is 4.79 Å². The molecule has 0 aliphatic rings. The average Bonchev–Trinajstić information content (AvgIpc) is 1.35. The maximum atomic E-state index is 9.33. The van der Waals surface area contributed by atoms with E-state index in [4.69, 9.17) is 2.74 Å². The van der Waals surface area contributed by atoms with Crippen LogP contribution >= 0.6 is 0 Å². The highest BCUT2D eigenvalue weighted by atomic mass is 16.1. The van der Waals surface area contributed by atoms with Crippen LogP contribution in [0.25, 0.3) is 0 Å². The molecule has 1 heteroatoms. The van der Waals surface area contributed by atoms with Gasteiger partial charge in [0, 0.05) is 9.11 Å². The van der Waals surface area contributed by atoms with Gasteiger partial charge in [-0.1, -0.05) is 6.92 Å². The number of hydrogen-bond acceptors (Lipinski definition) is 1. The lowest BCUT2D eigenvalue weighted by Gasteiger charge is -1.48. The first kappa shape index (κ1) is 1.20. The highest BCUT2D eigenvalue weighted by Gasteiger charge is 1.55. The highest BCUT2D eigenvalue weighted by Crippen LogP contribution is 1.53. The van der Waals surface area contributed by atoms with Gasteiger partial charge in [-0.2, -0.15) is 0 Å². The molecule has 0 unspecified atom stereocenters. The summed E-state index contributed by atoms with van der Waals surface area (Å²) in [6, 6.07) is 0. The third kappa shape index (κ3) is 1.67. The van der Waals surface area contributed by atoms with Crippen LogP contribution in [0.15, 0.2) is 0 Å². The van der Waals surface area contributed by atoms with Crippen LogP contribution in [0, 0.1) is 0 Å². The zero-order valence-electron chi connectivity index (χ0n) is 4.41. The van der Waals surface area contributed by atoms with Gasteiger partial charge in [0.25, 0.3) is 0 Å². The van der Waals surface area contributed by atoms with Crippen molar-refractivity contribution in [2.24, 2.45) is 0 Å². The van der Waals surface area contributed by atoms with Crippen LogP contribution in [0.1, 0.15) is 16.0 Å². The average molecular weight is 59.1 g/mol. The van der Waals surface area contributed by atoms with Gasteiger partial charge in [0.15, 0.2) is 6.29 Å². The van der Waals surface area contributed by atoms with Gasteiger partial charge in [-0.25, -0.2) is 0 Å². The minimum atomic E-state index is -1.76. The summed E-state index contributed by atoms with van der Waals surface area (Å²) in [4.78, 5) is 9.33. The van der Waals surface area contributed by atoms with Crippen molar-refractivity contribution in [3.05, 3.63) is 0 Å². The second-order valence-electron chi connectivity index (χ2n) is 0.352. The van der Waals surface area contributed by atoms with Gasteiger partial charge in [0.2, 0.25) is 0 Å². The molecule has 1 nitrogen and oxygen atoms in total. The van der Waals surface area contributed by atoms with E-state index in [9.17, 15) is 4.79 Å². The van der Waals surface area contributed by atoms with Gasteiger partial charge in [0.05, 0.1) is 0 Å². The molecule has 0 heterocycles. The van der Waals surface area contributed by atoms with Gasteiger partial charge < -0.3 is 0 Å². The van der Waals surface area contributed by atoms with Gasteiger partial charge >= 0.3 is 0 Å². The van der Waals surface area contributed by atoms with E-state index in [-0.39, 0.29) is 0 Å². The molecule has 0 aromatic carbocycles. The SMILES string of the molecule is [2H]C([2H])(C)[C]=O. The molecule has 0 saturated heterocycles. The fourth-order valence-corrected chi connectivity index (χ4v) is 0. The third-order valence-electron chi connectivity index (χ3n) is 0.102. The second-order valence-corrected chi connectivity index (χ2v) is 0.352. The zero-order valence-corrected chi connectivity index (χ0v) is 2.41. The lowest BCUT2D eigenvalue weighted by Crippen LogP contribution is -1.54. The fraction of sp³-hybridized carbons (Fsp3) is 0.667. The summed E-state index contributed by atoms with van der Waals surface area (Å²) in [6.45, 7) is 1.15. The fourth-order valence-electron chi connectivity index (χ4n) is 0. The Hall–Kier alpha value is -0.330. The molecule has 0 aromatic rings. The summed E-state index contributed by atoms with van der Waals surface area (Å²) < 4.78 is 12.8. The second kappa shape index (κ2) is 2.67. The van der Waals surface area contributed by atoms with Crippen LogP contribution in [0.2, 0.25) is 0 Å². The molecule has 0 fully saturated rings. The predicted molar refractivity (Wildman–Crippen MR) is 16.0 cm³/mol. The van der Waals surface area contributed by atoms with Crippen LogP contribution in [-0.4, -0.2) is 6.29 Å². The van der Waals surface area contributed by atoms with Crippen molar-refractivity contribution in [1.82, 2.24) is 0 Å². The van der Waals surface area contributed by atoms with E-state index in [2.05, 4.69) is 0 Å². The van der Waals surface area contributed by atoms with E-state index >= 15 is 0 Å². The summed E-state index contributed by atoms with van der Waals surface area (Å²) in [5.74, 6) is 0. The zero-order chi connectivity index (χ0) is 5.21. The van der Waals surface area contributed by atoms with E-state index in [1.54, 1.807) is 0 Å². The normalized spacial score (nSPS) is 17.2. The Morgan fingerprint density at radius 1 is 2.50 bits per heavy atom. The molecule has 0 N–H and O–H groups in total. The lowest BCUT2D eigenvalue weighted by atomic mass is 10.6. The Balaban J connectivity index is 3.45. The molecule has 0 amide bonds. The van der Waals surface area contributed by atoms with Crippen molar-refractivity contribution < 1.29 is 7.54 Å². The third-order valence-corrected chi connectivity index (χ3v) is 0.102. The Morgan fingerprint density at radius 3 is 2.75 bits per heavy atom. The maximum absolute atomic E-state index is 9.33. The Bertz CT molecular complexity index is 54.3. The summed E-state index contributed by atoms with van der Waals surface area (Å²) in [5, 5.41) is 0. The Kier molecular flexibility index (Phi) is 0.801. The van der Waals surface area contributed by atoms with Crippen LogP contribution < -0.4 is 0 Å². The molecule has 0 aromatic heterocycles. The van der Waals surface area contributed by atoms with E-state index in [0.29, 0.717) is 0 Å². The van der Waals surface area contributed by atoms with Crippen molar-refractivity contribution in [3.63, 3.8) is 0 Å². The molecule has 0 saturated carbocycles. The predicted octanol–water partition coefficient (Wildman–Crippen LogP) is 0.506. The molecule has 0 aliphatic heterocycles. The highest BCUT2D eigenvalue weighted by molar-refractivity contribution is 5.49. The summed E-state index contributed by atoms with van der Waals surface area (Å²) in [5.41, 5.74) is 0. The van der Waals surface area contributed by atoms with Crippen molar-refractivity contribution in [2.45, 2.75) is 13.3 Å². The van der Waals surface area contributed by atoms with Crippen molar-refractivity contribution in [1.29, 1.82) is 0 Å². The molecule has 1 radical (unpaired) electrons. The minimum Gasteiger partial charge on any atom is -0.291 e. The maximum Gasteiger partial charge on any atom is 0.198 e. The molecule has 0 spiro atoms. The lowest BCUT2D eigenvalue weighted by molar-refractivity contribution is 0.554. The van der Waals surface area contributed by atoms with Crippen LogP contribution in [0.5, 0.6) is 0 Å². The Labute approximate surface area is 28.4 Å².